The van der Waals surface area contributed by atoms with Crippen LogP contribution in [0.5, 0.6) is 0 Å². The fourth-order valence-corrected chi connectivity index (χ4v) is 2.33. The van der Waals surface area contributed by atoms with Gasteiger partial charge in [-0.1, -0.05) is 0 Å². The van der Waals surface area contributed by atoms with Crippen LogP contribution in [0.25, 0.3) is 0 Å². The number of hydrogen-bond acceptors (Lipinski definition) is 3. The first-order chi connectivity index (χ1) is 9.40. The Kier molecular flexibility index (Phi) is 9.92. The summed E-state index contributed by atoms with van der Waals surface area (Å²) in [5, 5.41) is 8.69. The maximum atomic E-state index is 12.0. The Morgan fingerprint density at radius 2 is 2.00 bits per heavy atom. The number of aromatic nitrogens is 1. The average molecular weight is 436 g/mol. The number of thiazole rings is 1. The van der Waals surface area contributed by atoms with Gasteiger partial charge in [0.05, 0.1) is 11.4 Å². The molecule has 1 rings (SSSR count). The molecule has 0 saturated carbocycles. The van der Waals surface area contributed by atoms with Gasteiger partial charge in [0.25, 0.3) is 0 Å². The normalized spacial score (nSPS) is 12.0. The third-order valence-electron chi connectivity index (χ3n) is 2.45. The monoisotopic (exact) mass is 436 g/mol. The first kappa shape index (κ1) is 20.4. The van der Waals surface area contributed by atoms with Gasteiger partial charge in [0.15, 0.2) is 5.96 Å². The summed E-state index contributed by atoms with van der Waals surface area (Å²) < 4.78 is 36.0. The Morgan fingerprint density at radius 3 is 2.52 bits per heavy atom. The molecule has 2 N–H and O–H groups in total. The molecule has 4 nitrogen and oxygen atoms in total. The van der Waals surface area contributed by atoms with E-state index in [0.717, 1.165) is 23.5 Å². The number of guanidine groups is 1. The van der Waals surface area contributed by atoms with E-state index in [0.29, 0.717) is 12.5 Å². The lowest BCUT2D eigenvalue weighted by molar-refractivity contribution is -0.132. The van der Waals surface area contributed by atoms with Crippen molar-refractivity contribution in [2.75, 3.05) is 20.1 Å². The molecule has 0 aromatic carbocycles. The molecule has 122 valence electrons. The molecule has 0 atom stereocenters. The van der Waals surface area contributed by atoms with Gasteiger partial charge >= 0.3 is 6.18 Å². The molecule has 0 radical (unpaired) electrons. The number of rotatable bonds is 6. The number of nitrogens with zero attached hydrogens (tertiary/aromatic N) is 2. The molecule has 21 heavy (non-hydrogen) atoms. The molecular formula is C12H20F3IN4S. The topological polar surface area (TPSA) is 49.3 Å². The molecule has 0 fully saturated rings. The second kappa shape index (κ2) is 10.2. The molecule has 0 aliphatic heterocycles. The van der Waals surface area contributed by atoms with E-state index in [2.05, 4.69) is 20.6 Å². The minimum Gasteiger partial charge on any atom is -0.356 e. The Balaban J connectivity index is 0.00000400. The SMILES string of the molecule is CN=C(NCCCc1nc(C)cs1)NCCC(F)(F)F.I. The quantitative estimate of drug-likeness (QED) is 0.312. The van der Waals surface area contributed by atoms with Gasteiger partial charge < -0.3 is 10.6 Å². The van der Waals surface area contributed by atoms with Gasteiger partial charge in [0.2, 0.25) is 0 Å². The van der Waals surface area contributed by atoms with E-state index in [1.165, 1.54) is 7.05 Å². The maximum Gasteiger partial charge on any atom is 0.390 e. The molecule has 0 bridgehead atoms. The standard InChI is InChI=1S/C12H19F3N4S.HI/c1-9-8-20-10(19-9)4-3-6-17-11(16-2)18-7-5-12(13,14)15;/h8H,3-7H2,1-2H3,(H2,16,17,18);1H. The number of hydrogen-bond donors (Lipinski definition) is 2. The lowest BCUT2D eigenvalue weighted by Crippen LogP contribution is -2.39. The maximum absolute atomic E-state index is 12.0. The second-order valence-electron chi connectivity index (χ2n) is 4.28. The highest BCUT2D eigenvalue weighted by Gasteiger charge is 2.26. The minimum atomic E-state index is -4.14. The third-order valence-corrected chi connectivity index (χ3v) is 3.48. The fraction of sp³-hybridized carbons (Fsp3) is 0.667. The van der Waals surface area contributed by atoms with Gasteiger partial charge in [-0.05, 0) is 13.3 Å². The first-order valence-corrected chi connectivity index (χ1v) is 7.21. The van der Waals surface area contributed by atoms with Gasteiger partial charge in [0.1, 0.15) is 0 Å². The number of alkyl halides is 3. The highest BCUT2D eigenvalue weighted by molar-refractivity contribution is 14.0. The molecule has 1 heterocycles. The van der Waals surface area contributed by atoms with Crippen LogP contribution < -0.4 is 10.6 Å². The van der Waals surface area contributed by atoms with Crippen molar-refractivity contribution in [2.24, 2.45) is 4.99 Å². The van der Waals surface area contributed by atoms with E-state index in [9.17, 15) is 13.2 Å². The highest BCUT2D eigenvalue weighted by atomic mass is 127. The molecule has 0 aliphatic rings. The largest absolute Gasteiger partial charge is 0.390 e. The Morgan fingerprint density at radius 1 is 1.33 bits per heavy atom. The van der Waals surface area contributed by atoms with Crippen molar-refractivity contribution in [3.8, 4) is 0 Å². The second-order valence-corrected chi connectivity index (χ2v) is 5.22. The molecule has 1 aromatic heterocycles. The molecule has 9 heteroatoms. The predicted octanol–water partition coefficient (Wildman–Crippen LogP) is 3.12. The molecule has 0 amide bonds. The average Bonchev–Trinajstić information content (AvgIpc) is 2.76. The molecule has 1 aromatic rings. The van der Waals surface area contributed by atoms with Crippen LogP contribution in [0.1, 0.15) is 23.5 Å². The summed E-state index contributed by atoms with van der Waals surface area (Å²) in [7, 11) is 1.53. The van der Waals surface area contributed by atoms with Gasteiger partial charge in [-0.2, -0.15) is 13.2 Å². The van der Waals surface area contributed by atoms with Crippen molar-refractivity contribution >= 4 is 41.3 Å². The predicted molar refractivity (Wildman–Crippen MR) is 90.6 cm³/mol. The highest BCUT2D eigenvalue weighted by Crippen LogP contribution is 2.18. The van der Waals surface area contributed by atoms with Gasteiger partial charge in [-0.15, -0.1) is 35.3 Å². The van der Waals surface area contributed by atoms with Crippen molar-refractivity contribution in [2.45, 2.75) is 32.4 Å². The first-order valence-electron chi connectivity index (χ1n) is 6.33. The van der Waals surface area contributed by atoms with E-state index in [4.69, 9.17) is 0 Å². The Hall–Kier alpha value is -0.580. The van der Waals surface area contributed by atoms with E-state index in [1.807, 2.05) is 12.3 Å². The third kappa shape index (κ3) is 9.88. The Labute approximate surface area is 143 Å². The summed E-state index contributed by atoms with van der Waals surface area (Å²) in [6.07, 6.45) is -3.31. The number of nitrogens with one attached hydrogen (secondary N) is 2. The van der Waals surface area contributed by atoms with Crippen LogP contribution in [0, 0.1) is 6.92 Å². The molecule has 0 aliphatic carbocycles. The van der Waals surface area contributed by atoms with Crippen LogP contribution in [0.4, 0.5) is 13.2 Å². The smallest absolute Gasteiger partial charge is 0.356 e. The molecule has 0 unspecified atom stereocenters. The van der Waals surface area contributed by atoms with Crippen LogP contribution in [-0.2, 0) is 6.42 Å². The number of aliphatic imine (C=N–C) groups is 1. The zero-order valence-corrected chi connectivity index (χ0v) is 15.1. The van der Waals surface area contributed by atoms with Crippen LogP contribution >= 0.6 is 35.3 Å². The lowest BCUT2D eigenvalue weighted by Gasteiger charge is -2.12. The summed E-state index contributed by atoms with van der Waals surface area (Å²) in [5.74, 6) is 0.393. The van der Waals surface area contributed by atoms with Crippen molar-refractivity contribution in [3.63, 3.8) is 0 Å². The van der Waals surface area contributed by atoms with E-state index >= 15 is 0 Å². The van der Waals surface area contributed by atoms with Gasteiger partial charge in [0, 0.05) is 37.6 Å². The minimum absolute atomic E-state index is 0. The molecule has 0 spiro atoms. The van der Waals surface area contributed by atoms with Crippen LogP contribution in [-0.4, -0.2) is 37.3 Å². The van der Waals surface area contributed by atoms with Crippen LogP contribution in [0.3, 0.4) is 0 Å². The van der Waals surface area contributed by atoms with Crippen molar-refractivity contribution < 1.29 is 13.2 Å². The van der Waals surface area contributed by atoms with E-state index in [1.54, 1.807) is 11.3 Å². The van der Waals surface area contributed by atoms with E-state index in [-0.39, 0.29) is 30.5 Å². The number of aryl methyl sites for hydroxylation is 2. The molecular weight excluding hydrogens is 416 g/mol. The molecule has 0 saturated heterocycles. The van der Waals surface area contributed by atoms with Crippen LogP contribution in [0.2, 0.25) is 0 Å². The Bertz CT molecular complexity index is 434. The fourth-order valence-electron chi connectivity index (χ4n) is 1.51. The summed E-state index contributed by atoms with van der Waals surface area (Å²) in [4.78, 5) is 8.21. The summed E-state index contributed by atoms with van der Waals surface area (Å²) in [6.45, 7) is 2.42. The van der Waals surface area contributed by atoms with Crippen molar-refractivity contribution in [1.29, 1.82) is 0 Å². The van der Waals surface area contributed by atoms with E-state index < -0.39 is 12.6 Å². The summed E-state index contributed by atoms with van der Waals surface area (Å²) >= 11 is 1.62. The van der Waals surface area contributed by atoms with Crippen molar-refractivity contribution in [1.82, 2.24) is 15.6 Å². The van der Waals surface area contributed by atoms with Gasteiger partial charge in [-0.3, -0.25) is 4.99 Å². The van der Waals surface area contributed by atoms with Crippen molar-refractivity contribution in [3.05, 3.63) is 16.1 Å². The zero-order chi connectivity index (χ0) is 15.0. The zero-order valence-electron chi connectivity index (χ0n) is 12.0. The number of halogens is 4. The summed E-state index contributed by atoms with van der Waals surface area (Å²) in [6, 6.07) is 0. The van der Waals surface area contributed by atoms with Crippen LogP contribution in [0.15, 0.2) is 10.4 Å². The summed E-state index contributed by atoms with van der Waals surface area (Å²) in [5.41, 5.74) is 1.02. The lowest BCUT2D eigenvalue weighted by atomic mass is 10.3. The van der Waals surface area contributed by atoms with Gasteiger partial charge in [-0.25, -0.2) is 4.98 Å².